The highest BCUT2D eigenvalue weighted by molar-refractivity contribution is 9.10. The predicted molar refractivity (Wildman–Crippen MR) is 71.5 cm³/mol. The van der Waals surface area contributed by atoms with Gasteiger partial charge < -0.3 is 10.2 Å². The number of nitrogens with one attached hydrogen (secondary N) is 1. The lowest BCUT2D eigenvalue weighted by Gasteiger charge is -2.19. The van der Waals surface area contributed by atoms with Crippen LogP contribution in [0.4, 0.5) is 5.69 Å². The van der Waals surface area contributed by atoms with Gasteiger partial charge in [0, 0.05) is 42.3 Å². The molecule has 0 saturated carbocycles. The fraction of sp³-hybridized carbons (Fsp3) is 0.500. The van der Waals surface area contributed by atoms with E-state index in [9.17, 15) is 0 Å². The van der Waals surface area contributed by atoms with E-state index in [-0.39, 0.29) is 0 Å². The van der Waals surface area contributed by atoms with Gasteiger partial charge in [-0.3, -0.25) is 0 Å². The molecular weight excluding hydrogens is 288 g/mol. The van der Waals surface area contributed by atoms with Crippen molar-refractivity contribution in [2.45, 2.75) is 19.4 Å². The first-order valence-electron chi connectivity index (χ1n) is 5.65. The molecule has 1 atom stereocenters. The van der Waals surface area contributed by atoms with E-state index < -0.39 is 0 Å². The summed E-state index contributed by atoms with van der Waals surface area (Å²) in [6.07, 6.45) is 0. The number of rotatable bonds is 0. The first-order chi connectivity index (χ1) is 7.68. The molecule has 0 fully saturated rings. The zero-order valence-corrected chi connectivity index (χ0v) is 11.5. The molecule has 0 aromatic heterocycles. The van der Waals surface area contributed by atoms with Crippen molar-refractivity contribution in [2.24, 2.45) is 0 Å². The Kier molecular flexibility index (Phi) is 2.65. The summed E-state index contributed by atoms with van der Waals surface area (Å²) in [6.45, 7) is 6.47. The van der Waals surface area contributed by atoms with Crippen molar-refractivity contribution in [2.75, 3.05) is 24.5 Å². The van der Waals surface area contributed by atoms with Crippen molar-refractivity contribution >= 4 is 33.2 Å². The van der Waals surface area contributed by atoms with Crippen molar-refractivity contribution in [3.05, 3.63) is 26.7 Å². The minimum atomic E-state index is 0.569. The molecule has 1 aromatic carbocycles. The molecule has 86 valence electrons. The summed E-state index contributed by atoms with van der Waals surface area (Å²) in [7, 11) is 0. The summed E-state index contributed by atoms with van der Waals surface area (Å²) in [4.78, 5) is 2.48. The second kappa shape index (κ2) is 3.90. The number of benzene rings is 1. The molecule has 0 radical (unpaired) electrons. The molecule has 2 aliphatic heterocycles. The van der Waals surface area contributed by atoms with Crippen molar-refractivity contribution in [1.82, 2.24) is 5.32 Å². The minimum Gasteiger partial charge on any atom is -0.369 e. The Bertz CT molecular complexity index is 447. The Labute approximate surface area is 109 Å². The normalized spacial score (nSPS) is 23.2. The van der Waals surface area contributed by atoms with Crippen LogP contribution >= 0.6 is 27.5 Å². The maximum atomic E-state index is 6.27. The van der Waals surface area contributed by atoms with Crippen molar-refractivity contribution in [1.29, 1.82) is 0 Å². The lowest BCUT2D eigenvalue weighted by atomic mass is 10.0. The van der Waals surface area contributed by atoms with Crippen LogP contribution in [0.3, 0.4) is 0 Å². The zero-order chi connectivity index (χ0) is 11.3. The highest BCUT2D eigenvalue weighted by Gasteiger charge is 2.32. The average molecular weight is 302 g/mol. The van der Waals surface area contributed by atoms with E-state index in [0.717, 1.165) is 35.7 Å². The predicted octanol–water partition coefficient (Wildman–Crippen LogP) is 3.13. The molecule has 3 rings (SSSR count). The van der Waals surface area contributed by atoms with E-state index in [1.54, 1.807) is 0 Å². The van der Waals surface area contributed by atoms with Crippen LogP contribution in [-0.4, -0.2) is 19.6 Å². The van der Waals surface area contributed by atoms with E-state index in [1.807, 2.05) is 0 Å². The fourth-order valence-electron chi connectivity index (χ4n) is 2.80. The Morgan fingerprint density at radius 1 is 1.56 bits per heavy atom. The summed E-state index contributed by atoms with van der Waals surface area (Å²) >= 11 is 9.91. The molecule has 0 saturated heterocycles. The van der Waals surface area contributed by atoms with Crippen LogP contribution in [0.2, 0.25) is 5.02 Å². The Balaban J connectivity index is 2.26. The highest BCUT2D eigenvalue weighted by atomic mass is 79.9. The van der Waals surface area contributed by atoms with Gasteiger partial charge >= 0.3 is 0 Å². The average Bonchev–Trinajstić information content (AvgIpc) is 2.45. The van der Waals surface area contributed by atoms with E-state index in [1.165, 1.54) is 16.8 Å². The van der Waals surface area contributed by atoms with E-state index in [0.29, 0.717) is 5.92 Å². The molecule has 2 heterocycles. The Hall–Kier alpha value is -0.250. The Morgan fingerprint density at radius 2 is 2.38 bits per heavy atom. The Morgan fingerprint density at radius 3 is 3.19 bits per heavy atom. The molecule has 4 heteroatoms. The van der Waals surface area contributed by atoms with Gasteiger partial charge in [0.25, 0.3) is 0 Å². The molecule has 0 amide bonds. The molecule has 0 spiro atoms. The van der Waals surface area contributed by atoms with Gasteiger partial charge in [-0.05, 0) is 33.1 Å². The first-order valence-corrected chi connectivity index (χ1v) is 6.82. The second-order valence-electron chi connectivity index (χ2n) is 4.62. The number of hydrogen-bond acceptors (Lipinski definition) is 2. The highest BCUT2D eigenvalue weighted by Crippen LogP contribution is 2.46. The topological polar surface area (TPSA) is 15.3 Å². The molecule has 1 aromatic rings. The molecule has 0 aliphatic carbocycles. The molecule has 16 heavy (non-hydrogen) atoms. The van der Waals surface area contributed by atoms with Gasteiger partial charge in [-0.1, -0.05) is 18.5 Å². The third-order valence-electron chi connectivity index (χ3n) is 3.48. The molecule has 2 nitrogen and oxygen atoms in total. The van der Waals surface area contributed by atoms with Gasteiger partial charge in [0.2, 0.25) is 0 Å². The smallest absolute Gasteiger partial charge is 0.0555 e. The maximum absolute atomic E-state index is 6.27. The van der Waals surface area contributed by atoms with Crippen molar-refractivity contribution in [3.63, 3.8) is 0 Å². The first kappa shape index (κ1) is 10.9. The molecule has 2 aliphatic rings. The zero-order valence-electron chi connectivity index (χ0n) is 9.19. The van der Waals surface area contributed by atoms with Gasteiger partial charge in [0.05, 0.1) is 5.02 Å². The van der Waals surface area contributed by atoms with Crippen molar-refractivity contribution in [3.8, 4) is 0 Å². The molecule has 1 N–H and O–H groups in total. The van der Waals surface area contributed by atoms with Crippen LogP contribution < -0.4 is 10.2 Å². The number of halogens is 2. The van der Waals surface area contributed by atoms with Gasteiger partial charge in [-0.15, -0.1) is 0 Å². The molecule has 0 bridgehead atoms. The number of nitrogens with zero attached hydrogens (tertiary/aromatic N) is 1. The standard InChI is InChI=1S/C12H14BrClN2/c1-7-6-16-3-2-15-5-8-4-9(14)11(13)10(7)12(8)16/h4,7,15H,2-3,5-6H2,1H3. The number of anilines is 1. The summed E-state index contributed by atoms with van der Waals surface area (Å²) in [5, 5.41) is 4.28. The second-order valence-corrected chi connectivity index (χ2v) is 5.82. The van der Waals surface area contributed by atoms with Crippen LogP contribution in [0.25, 0.3) is 0 Å². The van der Waals surface area contributed by atoms with Crippen LogP contribution in [0.5, 0.6) is 0 Å². The monoisotopic (exact) mass is 300 g/mol. The van der Waals surface area contributed by atoms with Gasteiger partial charge in [0.15, 0.2) is 0 Å². The quantitative estimate of drug-likeness (QED) is 0.792. The third-order valence-corrected chi connectivity index (χ3v) is 4.86. The fourth-order valence-corrected chi connectivity index (χ4v) is 3.73. The van der Waals surface area contributed by atoms with E-state index in [2.05, 4.69) is 39.1 Å². The summed E-state index contributed by atoms with van der Waals surface area (Å²) in [6, 6.07) is 2.09. The summed E-state index contributed by atoms with van der Waals surface area (Å²) < 4.78 is 1.09. The lowest BCUT2D eigenvalue weighted by molar-refractivity contribution is 0.673. The SMILES string of the molecule is CC1CN2CCNCc3cc(Cl)c(Br)c1c32. The van der Waals surface area contributed by atoms with Gasteiger partial charge in [-0.2, -0.15) is 0 Å². The maximum Gasteiger partial charge on any atom is 0.0555 e. The van der Waals surface area contributed by atoms with Crippen LogP contribution in [0, 0.1) is 0 Å². The van der Waals surface area contributed by atoms with Gasteiger partial charge in [-0.25, -0.2) is 0 Å². The van der Waals surface area contributed by atoms with Gasteiger partial charge in [0.1, 0.15) is 0 Å². The lowest BCUT2D eigenvalue weighted by Crippen LogP contribution is -2.27. The largest absolute Gasteiger partial charge is 0.369 e. The third kappa shape index (κ3) is 1.49. The summed E-state index contributed by atoms with van der Waals surface area (Å²) in [5.74, 6) is 0.569. The van der Waals surface area contributed by atoms with Crippen molar-refractivity contribution < 1.29 is 0 Å². The van der Waals surface area contributed by atoms with Crippen LogP contribution in [0.15, 0.2) is 10.5 Å². The van der Waals surface area contributed by atoms with Crippen LogP contribution in [-0.2, 0) is 6.54 Å². The molecule has 1 unspecified atom stereocenters. The summed E-state index contributed by atoms with van der Waals surface area (Å²) in [5.41, 5.74) is 4.14. The molecular formula is C12H14BrClN2. The number of hydrogen-bond donors (Lipinski definition) is 1. The van der Waals surface area contributed by atoms with Crippen LogP contribution in [0.1, 0.15) is 24.0 Å². The minimum absolute atomic E-state index is 0.569. The van der Waals surface area contributed by atoms with E-state index in [4.69, 9.17) is 11.6 Å². The van der Waals surface area contributed by atoms with E-state index >= 15 is 0 Å².